The van der Waals surface area contributed by atoms with E-state index >= 15 is 0 Å². The Morgan fingerprint density at radius 1 is 0.882 bits per heavy atom. The number of amides is 1. The molecule has 1 fully saturated rings. The Kier molecular flexibility index (Phi) is 6.85. The van der Waals surface area contributed by atoms with Crippen LogP contribution in [0.25, 0.3) is 22.4 Å². The van der Waals surface area contributed by atoms with Gasteiger partial charge in [0.2, 0.25) is 5.91 Å². The van der Waals surface area contributed by atoms with Gasteiger partial charge in [-0.25, -0.2) is 4.98 Å². The predicted molar refractivity (Wildman–Crippen MR) is 139 cm³/mol. The van der Waals surface area contributed by atoms with Gasteiger partial charge in [0.25, 0.3) is 0 Å². The minimum absolute atomic E-state index is 0.206. The molecule has 5 rings (SSSR count). The van der Waals surface area contributed by atoms with E-state index in [0.717, 1.165) is 49.3 Å². The van der Waals surface area contributed by atoms with Gasteiger partial charge in [-0.3, -0.25) is 4.79 Å². The monoisotopic (exact) mass is 455 g/mol. The van der Waals surface area contributed by atoms with Crippen molar-refractivity contribution in [2.75, 3.05) is 6.54 Å². The molecule has 1 amide bonds. The fourth-order valence-electron chi connectivity index (χ4n) is 5.57. The van der Waals surface area contributed by atoms with E-state index < -0.39 is 0 Å². The van der Waals surface area contributed by atoms with Gasteiger partial charge >= 0.3 is 0 Å². The Bertz CT molecular complexity index is 1140. The number of rotatable bonds is 5. The number of benzene rings is 2. The van der Waals surface area contributed by atoms with Crippen molar-refractivity contribution in [3.8, 4) is 22.4 Å². The first-order valence-corrected chi connectivity index (χ1v) is 13.1. The van der Waals surface area contributed by atoms with Crippen molar-refractivity contribution < 1.29 is 4.79 Å². The molecule has 0 saturated heterocycles. The zero-order chi connectivity index (χ0) is 23.5. The first-order chi connectivity index (χ1) is 16.6. The van der Waals surface area contributed by atoms with Crippen LogP contribution in [0.4, 0.5) is 0 Å². The number of carbonyl (C=O) groups is 1. The molecular weight excluding hydrogens is 418 g/mol. The van der Waals surface area contributed by atoms with Crippen molar-refractivity contribution >= 4 is 5.91 Å². The lowest BCUT2D eigenvalue weighted by atomic mass is 9.96. The number of nitrogens with zero attached hydrogens (tertiary/aromatic N) is 2. The number of imidazole rings is 1. The molecule has 3 aromatic rings. The van der Waals surface area contributed by atoms with Crippen LogP contribution in [-0.4, -0.2) is 22.0 Å². The summed E-state index contributed by atoms with van der Waals surface area (Å²) in [6.07, 6.45) is 11.5. The van der Waals surface area contributed by atoms with Crippen molar-refractivity contribution in [2.24, 2.45) is 5.92 Å². The zero-order valence-electron chi connectivity index (χ0n) is 20.6. The summed E-state index contributed by atoms with van der Waals surface area (Å²) in [4.78, 5) is 17.8. The van der Waals surface area contributed by atoms with E-state index in [1.54, 1.807) is 0 Å². The van der Waals surface area contributed by atoms with Crippen molar-refractivity contribution in [2.45, 2.75) is 77.7 Å². The van der Waals surface area contributed by atoms with Gasteiger partial charge in [0.05, 0.1) is 5.69 Å². The molecular formula is C30H37N3O. The lowest BCUT2D eigenvalue weighted by molar-refractivity contribution is -0.125. The number of hydrogen-bond acceptors (Lipinski definition) is 2. The van der Waals surface area contributed by atoms with Crippen molar-refractivity contribution in [3.05, 3.63) is 65.6 Å². The Morgan fingerprint density at radius 2 is 1.59 bits per heavy atom. The Morgan fingerprint density at radius 3 is 2.32 bits per heavy atom. The SMILES string of the molecule is Cc1ccc(-c2ccc(-c3cn4c(n3)C(CNC(=O)C3CCCCCC3)CCC4)cc2)cc1C. The van der Waals surface area contributed by atoms with Crippen molar-refractivity contribution in [1.29, 1.82) is 0 Å². The van der Waals surface area contributed by atoms with Gasteiger partial charge in [-0.05, 0) is 61.8 Å². The second-order valence-electron chi connectivity index (χ2n) is 10.3. The van der Waals surface area contributed by atoms with Gasteiger partial charge in [-0.1, -0.05) is 68.1 Å². The second-order valence-corrected chi connectivity index (χ2v) is 10.3. The molecule has 1 aromatic heterocycles. The molecule has 0 bridgehead atoms. The maximum atomic E-state index is 12.8. The third-order valence-corrected chi connectivity index (χ3v) is 7.89. The van der Waals surface area contributed by atoms with E-state index in [2.05, 4.69) is 72.4 Å². The van der Waals surface area contributed by atoms with Crippen LogP contribution in [0.5, 0.6) is 0 Å². The summed E-state index contributed by atoms with van der Waals surface area (Å²) in [5.74, 6) is 1.89. The Labute approximate surface area is 203 Å². The van der Waals surface area contributed by atoms with E-state index in [0.29, 0.717) is 12.5 Å². The number of nitrogens with one attached hydrogen (secondary N) is 1. The van der Waals surface area contributed by atoms with Crippen LogP contribution < -0.4 is 5.32 Å². The van der Waals surface area contributed by atoms with Crippen molar-refractivity contribution in [1.82, 2.24) is 14.9 Å². The third-order valence-electron chi connectivity index (χ3n) is 7.89. The minimum Gasteiger partial charge on any atom is -0.355 e. The number of aromatic nitrogens is 2. The highest BCUT2D eigenvalue weighted by atomic mass is 16.1. The average molecular weight is 456 g/mol. The standard InChI is InChI=1S/C30H37N3O/c1-21-11-12-26(18-22(21)2)23-13-15-24(16-14-23)28-20-33-17-7-10-27(29(33)32-28)19-31-30(34)25-8-5-3-4-6-9-25/h11-16,18,20,25,27H,3-10,17,19H2,1-2H3,(H,31,34). The van der Waals surface area contributed by atoms with Gasteiger partial charge in [0.1, 0.15) is 5.82 Å². The van der Waals surface area contributed by atoms with Gasteiger partial charge in [-0.15, -0.1) is 0 Å². The topological polar surface area (TPSA) is 46.9 Å². The summed E-state index contributed by atoms with van der Waals surface area (Å²) in [6, 6.07) is 15.4. The molecule has 178 valence electrons. The highest BCUT2D eigenvalue weighted by Crippen LogP contribution is 2.31. The number of carbonyl (C=O) groups excluding carboxylic acids is 1. The highest BCUT2D eigenvalue weighted by molar-refractivity contribution is 5.78. The Hall–Kier alpha value is -2.88. The predicted octanol–water partition coefficient (Wildman–Crippen LogP) is 6.80. The van der Waals surface area contributed by atoms with Gasteiger partial charge < -0.3 is 9.88 Å². The highest BCUT2D eigenvalue weighted by Gasteiger charge is 2.26. The largest absolute Gasteiger partial charge is 0.355 e. The molecule has 1 aliphatic heterocycles. The maximum Gasteiger partial charge on any atom is 0.223 e. The number of fused-ring (bicyclic) bond motifs is 1. The van der Waals surface area contributed by atoms with Crippen LogP contribution in [0.2, 0.25) is 0 Å². The van der Waals surface area contributed by atoms with Crippen LogP contribution in [0, 0.1) is 19.8 Å². The lowest BCUT2D eigenvalue weighted by Gasteiger charge is -2.24. The summed E-state index contributed by atoms with van der Waals surface area (Å²) < 4.78 is 2.30. The van der Waals surface area contributed by atoms with E-state index in [4.69, 9.17) is 4.98 Å². The van der Waals surface area contributed by atoms with Gasteiger partial charge in [-0.2, -0.15) is 0 Å². The molecule has 1 atom stereocenters. The first-order valence-electron chi connectivity index (χ1n) is 13.1. The molecule has 2 aliphatic rings. The second kappa shape index (κ2) is 10.2. The van der Waals surface area contributed by atoms with E-state index in [-0.39, 0.29) is 11.8 Å². The summed E-state index contributed by atoms with van der Waals surface area (Å²) in [7, 11) is 0. The molecule has 2 heterocycles. The summed E-state index contributed by atoms with van der Waals surface area (Å²) in [5.41, 5.74) is 7.31. The quantitative estimate of drug-likeness (QED) is 0.430. The Balaban J connectivity index is 1.28. The number of hydrogen-bond donors (Lipinski definition) is 1. The molecule has 1 aliphatic carbocycles. The zero-order valence-corrected chi connectivity index (χ0v) is 20.6. The maximum absolute atomic E-state index is 12.8. The van der Waals surface area contributed by atoms with Crippen LogP contribution >= 0.6 is 0 Å². The molecule has 1 N–H and O–H groups in total. The van der Waals surface area contributed by atoms with Crippen LogP contribution in [-0.2, 0) is 11.3 Å². The van der Waals surface area contributed by atoms with Gasteiger partial charge in [0.15, 0.2) is 0 Å². The van der Waals surface area contributed by atoms with E-state index in [9.17, 15) is 4.79 Å². The van der Waals surface area contributed by atoms with E-state index in [1.807, 2.05) is 0 Å². The van der Waals surface area contributed by atoms with Crippen LogP contribution in [0.3, 0.4) is 0 Å². The van der Waals surface area contributed by atoms with Crippen LogP contribution in [0.15, 0.2) is 48.7 Å². The molecule has 1 saturated carbocycles. The summed E-state index contributed by atoms with van der Waals surface area (Å²) in [5, 5.41) is 3.28. The fraction of sp³-hybridized carbons (Fsp3) is 0.467. The van der Waals surface area contributed by atoms with Crippen molar-refractivity contribution in [3.63, 3.8) is 0 Å². The number of aryl methyl sites for hydroxylation is 3. The molecule has 4 heteroatoms. The van der Waals surface area contributed by atoms with Gasteiger partial charge in [0, 0.05) is 36.7 Å². The third kappa shape index (κ3) is 4.96. The average Bonchev–Trinajstić information content (AvgIpc) is 3.11. The molecule has 1 unspecified atom stereocenters. The summed E-state index contributed by atoms with van der Waals surface area (Å²) in [6.45, 7) is 6.03. The molecule has 4 nitrogen and oxygen atoms in total. The molecule has 0 spiro atoms. The first kappa shape index (κ1) is 22.9. The lowest BCUT2D eigenvalue weighted by Crippen LogP contribution is -2.35. The molecule has 34 heavy (non-hydrogen) atoms. The smallest absolute Gasteiger partial charge is 0.223 e. The summed E-state index contributed by atoms with van der Waals surface area (Å²) >= 11 is 0. The molecule has 0 radical (unpaired) electrons. The normalized spacial score (nSPS) is 18.8. The van der Waals surface area contributed by atoms with Crippen LogP contribution in [0.1, 0.15) is 74.2 Å². The fourth-order valence-corrected chi connectivity index (χ4v) is 5.57. The van der Waals surface area contributed by atoms with E-state index in [1.165, 1.54) is 47.9 Å². The minimum atomic E-state index is 0.206. The molecule has 2 aromatic carbocycles.